The van der Waals surface area contributed by atoms with Gasteiger partial charge in [0.25, 0.3) is 0 Å². The van der Waals surface area contributed by atoms with Crippen LogP contribution in [0.25, 0.3) is 0 Å². The van der Waals surface area contributed by atoms with Crippen LogP contribution in [0.4, 0.5) is 0 Å². The second-order valence-corrected chi connectivity index (χ2v) is 8.93. The molecule has 0 bridgehead atoms. The molecule has 9 unspecified atom stereocenters. The topological polar surface area (TPSA) is 57.2 Å². The van der Waals surface area contributed by atoms with Crippen LogP contribution in [-0.2, 0) is 23.7 Å². The lowest BCUT2D eigenvalue weighted by Gasteiger charge is -2.56. The number of carbonyl (C=O) groups is 1. The van der Waals surface area contributed by atoms with Crippen molar-refractivity contribution in [3.63, 3.8) is 0 Å². The summed E-state index contributed by atoms with van der Waals surface area (Å²) in [4.78, 5) is 15.1. The number of hydrogen-bond donors (Lipinski definition) is 0. The molecule has 2 saturated carbocycles. The maximum atomic E-state index is 12.9. The molecule has 9 atom stereocenters. The van der Waals surface area contributed by atoms with E-state index in [1.54, 1.807) is 0 Å². The Kier molecular flexibility index (Phi) is 3.48. The molecule has 6 aliphatic rings. The number of piperidine rings is 2. The van der Waals surface area contributed by atoms with E-state index in [1.807, 2.05) is 0 Å². The van der Waals surface area contributed by atoms with Gasteiger partial charge in [-0.1, -0.05) is 0 Å². The van der Waals surface area contributed by atoms with Crippen molar-refractivity contribution in [3.05, 3.63) is 0 Å². The number of nitrogens with zero attached hydrogens (tertiary/aromatic N) is 1. The minimum atomic E-state index is 0.201. The van der Waals surface area contributed by atoms with Crippen LogP contribution in [0.2, 0.25) is 0 Å². The summed E-state index contributed by atoms with van der Waals surface area (Å²) in [6, 6.07) is 0.400. The van der Waals surface area contributed by atoms with E-state index in [-0.39, 0.29) is 24.4 Å². The minimum absolute atomic E-state index is 0.201. The molecule has 25 heavy (non-hydrogen) atoms. The molecule has 0 aromatic rings. The van der Waals surface area contributed by atoms with Crippen LogP contribution < -0.4 is 0 Å². The van der Waals surface area contributed by atoms with Gasteiger partial charge in [-0.25, -0.2) is 0 Å². The summed E-state index contributed by atoms with van der Waals surface area (Å²) >= 11 is 0. The molecule has 0 aromatic heterocycles. The fraction of sp³-hybridized carbons (Fsp3) is 0.947. The van der Waals surface area contributed by atoms with Gasteiger partial charge in [0, 0.05) is 24.9 Å². The second-order valence-electron chi connectivity index (χ2n) is 8.93. The van der Waals surface area contributed by atoms with Crippen molar-refractivity contribution >= 4 is 5.91 Å². The number of fused-ring (bicyclic) bond motifs is 7. The summed E-state index contributed by atoms with van der Waals surface area (Å²) in [5.74, 6) is 2.55. The maximum absolute atomic E-state index is 12.9. The van der Waals surface area contributed by atoms with E-state index in [0.717, 1.165) is 32.2 Å². The van der Waals surface area contributed by atoms with E-state index in [4.69, 9.17) is 18.9 Å². The van der Waals surface area contributed by atoms with Gasteiger partial charge in [-0.3, -0.25) is 4.79 Å². The number of amides is 1. The first kappa shape index (κ1) is 15.4. The van der Waals surface area contributed by atoms with Crippen LogP contribution in [0.5, 0.6) is 0 Å². The van der Waals surface area contributed by atoms with E-state index < -0.39 is 0 Å². The smallest absolute Gasteiger partial charge is 0.223 e. The molecule has 0 spiro atoms. The lowest BCUT2D eigenvalue weighted by molar-refractivity contribution is -0.158. The van der Waals surface area contributed by atoms with Gasteiger partial charge in [-0.2, -0.15) is 0 Å². The molecule has 0 N–H and O–H groups in total. The van der Waals surface area contributed by atoms with Gasteiger partial charge in [0.1, 0.15) is 13.6 Å². The molecule has 138 valence electrons. The molecule has 2 aliphatic carbocycles. The zero-order chi connectivity index (χ0) is 16.5. The Hall–Kier alpha value is -0.690. The summed E-state index contributed by atoms with van der Waals surface area (Å²) in [7, 11) is 0. The standard InChI is InChI=1S/C19H27NO5/c21-18-5-11-4-16-17(24-8-23-16)6-12(11)14-3-10-1-2-15-19(25-9-22-15)13(10)7-20(14)18/h10-17,19H,1-9H2. The van der Waals surface area contributed by atoms with Crippen molar-refractivity contribution in [2.45, 2.75) is 69.0 Å². The molecule has 1 amide bonds. The van der Waals surface area contributed by atoms with Crippen molar-refractivity contribution in [2.75, 3.05) is 20.1 Å². The van der Waals surface area contributed by atoms with Crippen LogP contribution in [0.3, 0.4) is 0 Å². The molecular weight excluding hydrogens is 322 g/mol. The Morgan fingerprint density at radius 2 is 1.60 bits per heavy atom. The number of carbonyl (C=O) groups excluding carboxylic acids is 1. The molecule has 0 aromatic carbocycles. The molecule has 6 heteroatoms. The average Bonchev–Trinajstić information content (AvgIpc) is 3.27. The highest BCUT2D eigenvalue weighted by atomic mass is 16.7. The number of ether oxygens (including phenoxy) is 4. The third kappa shape index (κ3) is 2.27. The van der Waals surface area contributed by atoms with Crippen molar-refractivity contribution in [1.29, 1.82) is 0 Å². The average molecular weight is 349 g/mol. The van der Waals surface area contributed by atoms with E-state index >= 15 is 0 Å². The molecule has 4 saturated heterocycles. The van der Waals surface area contributed by atoms with Crippen LogP contribution >= 0.6 is 0 Å². The van der Waals surface area contributed by atoms with Gasteiger partial charge in [0.15, 0.2) is 0 Å². The van der Waals surface area contributed by atoms with Gasteiger partial charge >= 0.3 is 0 Å². The van der Waals surface area contributed by atoms with Gasteiger partial charge < -0.3 is 23.8 Å². The zero-order valence-corrected chi connectivity index (χ0v) is 14.5. The fourth-order valence-electron chi connectivity index (χ4n) is 6.80. The monoisotopic (exact) mass is 349 g/mol. The van der Waals surface area contributed by atoms with E-state index in [1.165, 1.54) is 6.42 Å². The summed E-state index contributed by atoms with van der Waals surface area (Å²) in [6.45, 7) is 1.73. The molecule has 6 rings (SSSR count). The number of rotatable bonds is 0. The minimum Gasteiger partial charge on any atom is -0.349 e. The maximum Gasteiger partial charge on any atom is 0.223 e. The molecule has 0 radical (unpaired) electrons. The molecule has 4 aliphatic heterocycles. The third-order valence-corrected chi connectivity index (χ3v) is 7.99. The van der Waals surface area contributed by atoms with Gasteiger partial charge in [0.2, 0.25) is 5.91 Å². The first-order valence-electron chi connectivity index (χ1n) is 10.0. The van der Waals surface area contributed by atoms with Gasteiger partial charge in [-0.15, -0.1) is 0 Å². The van der Waals surface area contributed by atoms with E-state index in [2.05, 4.69) is 4.90 Å². The van der Waals surface area contributed by atoms with E-state index in [0.29, 0.717) is 55.6 Å². The Bertz CT molecular complexity index is 570. The van der Waals surface area contributed by atoms with Crippen LogP contribution in [0, 0.1) is 23.7 Å². The normalized spacial score (nSPS) is 54.3. The second kappa shape index (κ2) is 5.65. The van der Waals surface area contributed by atoms with Crippen molar-refractivity contribution in [3.8, 4) is 0 Å². The first-order chi connectivity index (χ1) is 12.3. The van der Waals surface area contributed by atoms with Crippen LogP contribution in [0.1, 0.15) is 38.5 Å². The fourth-order valence-corrected chi connectivity index (χ4v) is 6.80. The third-order valence-electron chi connectivity index (χ3n) is 7.99. The number of hydrogen-bond acceptors (Lipinski definition) is 5. The largest absolute Gasteiger partial charge is 0.349 e. The summed E-state index contributed by atoms with van der Waals surface area (Å²) in [5.41, 5.74) is 0. The predicted molar refractivity (Wildman–Crippen MR) is 86.4 cm³/mol. The Morgan fingerprint density at radius 1 is 0.800 bits per heavy atom. The Labute approximate surface area is 148 Å². The summed E-state index contributed by atoms with van der Waals surface area (Å²) in [5, 5.41) is 0. The zero-order valence-electron chi connectivity index (χ0n) is 14.5. The van der Waals surface area contributed by atoms with Crippen molar-refractivity contribution in [1.82, 2.24) is 4.90 Å². The molecular formula is C19H27NO5. The molecule has 6 nitrogen and oxygen atoms in total. The quantitative estimate of drug-likeness (QED) is 0.664. The lowest BCUT2D eigenvalue weighted by Crippen LogP contribution is -2.63. The van der Waals surface area contributed by atoms with Crippen LogP contribution in [-0.4, -0.2) is 61.4 Å². The molecule has 6 fully saturated rings. The first-order valence-corrected chi connectivity index (χ1v) is 10.0. The molecule has 4 heterocycles. The predicted octanol–water partition coefficient (Wildman–Crippen LogP) is 1.53. The summed E-state index contributed by atoms with van der Waals surface area (Å²) < 4.78 is 23.2. The highest BCUT2D eigenvalue weighted by Crippen LogP contribution is 2.50. The van der Waals surface area contributed by atoms with Crippen molar-refractivity contribution < 1.29 is 23.7 Å². The highest BCUT2D eigenvalue weighted by Gasteiger charge is 2.55. The van der Waals surface area contributed by atoms with Crippen molar-refractivity contribution in [2.24, 2.45) is 23.7 Å². The van der Waals surface area contributed by atoms with Gasteiger partial charge in [0.05, 0.1) is 24.4 Å². The lowest BCUT2D eigenvalue weighted by atomic mass is 9.62. The highest BCUT2D eigenvalue weighted by molar-refractivity contribution is 5.78. The Morgan fingerprint density at radius 3 is 2.52 bits per heavy atom. The van der Waals surface area contributed by atoms with Crippen LogP contribution in [0.15, 0.2) is 0 Å². The van der Waals surface area contributed by atoms with Gasteiger partial charge in [-0.05, 0) is 49.9 Å². The summed E-state index contributed by atoms with van der Waals surface area (Å²) in [6.07, 6.45) is 7.15. The Balaban J connectivity index is 1.26. The van der Waals surface area contributed by atoms with E-state index in [9.17, 15) is 4.79 Å². The SMILES string of the molecule is O=C1CC2CC3OCOC3CC2C2CC3CCC4OCOC4C3CN12.